The highest BCUT2D eigenvalue weighted by atomic mass is 127. The Balaban J connectivity index is 0.00000300. The van der Waals surface area contributed by atoms with Gasteiger partial charge >= 0.3 is 0 Å². The van der Waals surface area contributed by atoms with E-state index in [-0.39, 0.29) is 35.4 Å². The molecule has 12 heteroatoms. The number of nitrogens with one attached hydrogen (secondary N) is 2. The summed E-state index contributed by atoms with van der Waals surface area (Å²) in [5.41, 5.74) is 0. The monoisotopic (exact) mass is 532 g/mol. The Morgan fingerprint density at radius 3 is 2.45 bits per heavy atom. The van der Waals surface area contributed by atoms with Crippen molar-refractivity contribution in [2.24, 2.45) is 4.99 Å². The number of nitrogens with zero attached hydrogens (tertiary/aromatic N) is 6. The van der Waals surface area contributed by atoms with Crippen molar-refractivity contribution < 1.29 is 8.42 Å². The lowest BCUT2D eigenvalue weighted by Crippen LogP contribution is -2.53. The van der Waals surface area contributed by atoms with Crippen LogP contribution in [0.1, 0.15) is 0 Å². The van der Waals surface area contributed by atoms with Gasteiger partial charge in [0.1, 0.15) is 4.90 Å². The van der Waals surface area contributed by atoms with Crippen molar-refractivity contribution in [1.82, 2.24) is 29.9 Å². The summed E-state index contributed by atoms with van der Waals surface area (Å²) in [5, 5.41) is 3.20. The van der Waals surface area contributed by atoms with Gasteiger partial charge in [-0.1, -0.05) is 0 Å². The Hall–Kier alpha value is -2.06. The molecule has 10 nitrogen and oxygen atoms in total. The van der Waals surface area contributed by atoms with Gasteiger partial charge in [-0.2, -0.15) is 0 Å². The number of aromatic nitrogens is 3. The van der Waals surface area contributed by atoms with Crippen LogP contribution in [0, 0.1) is 0 Å². The summed E-state index contributed by atoms with van der Waals surface area (Å²) >= 11 is 0. The molecule has 0 atom stereocenters. The Morgan fingerprint density at radius 2 is 1.83 bits per heavy atom. The maximum atomic E-state index is 12.2. The van der Waals surface area contributed by atoms with E-state index < -0.39 is 10.0 Å². The first-order valence-electron chi connectivity index (χ1n) is 8.97. The zero-order valence-electron chi connectivity index (χ0n) is 16.1. The van der Waals surface area contributed by atoms with Gasteiger partial charge in [0.15, 0.2) is 5.96 Å². The minimum Gasteiger partial charge on any atom is -0.355 e. The topological polar surface area (TPSA) is 116 Å². The number of guanidine groups is 1. The van der Waals surface area contributed by atoms with Crippen LogP contribution in [0.15, 0.2) is 52.9 Å². The number of pyridine rings is 1. The first-order valence-corrected chi connectivity index (χ1v) is 10.5. The molecule has 0 unspecified atom stereocenters. The molecule has 158 valence electrons. The van der Waals surface area contributed by atoms with Gasteiger partial charge in [0.25, 0.3) is 0 Å². The number of rotatable bonds is 6. The summed E-state index contributed by atoms with van der Waals surface area (Å²) in [6.45, 7) is 3.80. The number of anilines is 1. The number of hydrogen-bond acceptors (Lipinski definition) is 7. The minimum atomic E-state index is -3.55. The van der Waals surface area contributed by atoms with E-state index in [1.54, 1.807) is 31.6 Å². The van der Waals surface area contributed by atoms with Crippen molar-refractivity contribution in [3.8, 4) is 0 Å². The van der Waals surface area contributed by atoms with Crippen LogP contribution in [-0.4, -0.2) is 80.5 Å². The summed E-state index contributed by atoms with van der Waals surface area (Å²) in [6, 6.07) is 4.90. The lowest BCUT2D eigenvalue weighted by atomic mass is 10.3. The van der Waals surface area contributed by atoms with Crippen molar-refractivity contribution in [2.45, 2.75) is 4.90 Å². The van der Waals surface area contributed by atoms with Gasteiger partial charge in [-0.3, -0.25) is 9.98 Å². The van der Waals surface area contributed by atoms with E-state index in [9.17, 15) is 8.42 Å². The predicted molar refractivity (Wildman–Crippen MR) is 122 cm³/mol. The zero-order valence-corrected chi connectivity index (χ0v) is 19.2. The molecule has 0 radical (unpaired) electrons. The van der Waals surface area contributed by atoms with E-state index in [0.717, 1.165) is 38.1 Å². The van der Waals surface area contributed by atoms with Gasteiger partial charge in [0.2, 0.25) is 16.0 Å². The van der Waals surface area contributed by atoms with E-state index in [0.29, 0.717) is 6.54 Å². The SMILES string of the molecule is CN=C(NCCNS(=O)(=O)c1cccnc1)N1CCN(c2ncccn2)CC1.I. The molecule has 1 aliphatic rings. The molecule has 29 heavy (non-hydrogen) atoms. The number of sulfonamides is 1. The molecule has 0 amide bonds. The third-order valence-electron chi connectivity index (χ3n) is 4.27. The van der Waals surface area contributed by atoms with Gasteiger partial charge in [-0.15, -0.1) is 24.0 Å². The summed E-state index contributed by atoms with van der Waals surface area (Å²) in [5.74, 6) is 1.48. The summed E-state index contributed by atoms with van der Waals surface area (Å²) in [4.78, 5) is 21.1. The highest BCUT2D eigenvalue weighted by Gasteiger charge is 2.21. The Kier molecular flexibility index (Phi) is 8.98. The standard InChI is InChI=1S/C17H24N8O2S.HI/c1-18-16(22-8-9-23-28(26,27)15-4-2-5-19-14-15)24-10-12-25(13-11-24)17-20-6-3-7-21-17;/h2-7,14,23H,8-13H2,1H3,(H,18,22);1H. The Labute approximate surface area is 187 Å². The maximum absolute atomic E-state index is 12.2. The summed E-state index contributed by atoms with van der Waals surface area (Å²) in [6.07, 6.45) is 6.34. The van der Waals surface area contributed by atoms with Gasteiger partial charge in [-0.25, -0.2) is 23.1 Å². The first kappa shape index (κ1) is 23.2. The third kappa shape index (κ3) is 6.47. The van der Waals surface area contributed by atoms with Crippen molar-refractivity contribution in [3.63, 3.8) is 0 Å². The van der Waals surface area contributed by atoms with E-state index in [2.05, 4.69) is 39.8 Å². The normalized spacial score (nSPS) is 15.0. The quantitative estimate of drug-likeness (QED) is 0.234. The molecule has 0 aromatic carbocycles. The molecule has 1 saturated heterocycles. The number of piperazine rings is 1. The predicted octanol–water partition coefficient (Wildman–Crippen LogP) is 0.166. The molecular weight excluding hydrogens is 507 g/mol. The van der Waals surface area contributed by atoms with Crippen LogP contribution in [0.4, 0.5) is 5.95 Å². The Morgan fingerprint density at radius 1 is 1.10 bits per heavy atom. The average Bonchev–Trinajstić information content (AvgIpc) is 2.75. The van der Waals surface area contributed by atoms with Crippen LogP contribution in [0.3, 0.4) is 0 Å². The second-order valence-corrected chi connectivity index (χ2v) is 7.85. The summed E-state index contributed by atoms with van der Waals surface area (Å²) < 4.78 is 26.9. The van der Waals surface area contributed by atoms with E-state index in [1.807, 2.05) is 0 Å². The van der Waals surface area contributed by atoms with E-state index in [1.165, 1.54) is 18.5 Å². The van der Waals surface area contributed by atoms with Crippen molar-refractivity contribution >= 4 is 45.9 Å². The number of aliphatic imine (C=N–C) groups is 1. The molecule has 0 saturated carbocycles. The van der Waals surface area contributed by atoms with Crippen LogP contribution in [0.2, 0.25) is 0 Å². The smallest absolute Gasteiger partial charge is 0.242 e. The van der Waals surface area contributed by atoms with Crippen molar-refractivity contribution in [3.05, 3.63) is 43.0 Å². The Bertz CT molecular complexity index is 875. The molecular formula is C17H25IN8O2S. The highest BCUT2D eigenvalue weighted by Crippen LogP contribution is 2.09. The largest absolute Gasteiger partial charge is 0.355 e. The second-order valence-electron chi connectivity index (χ2n) is 6.08. The molecule has 0 aliphatic carbocycles. The van der Waals surface area contributed by atoms with Crippen LogP contribution >= 0.6 is 24.0 Å². The molecule has 1 fully saturated rings. The fourth-order valence-corrected chi connectivity index (χ4v) is 3.85. The van der Waals surface area contributed by atoms with Crippen LogP contribution < -0.4 is 14.9 Å². The molecule has 1 aliphatic heterocycles. The molecule has 0 bridgehead atoms. The second kappa shape index (κ2) is 11.2. The molecule has 2 N–H and O–H groups in total. The fraction of sp³-hybridized carbons (Fsp3) is 0.412. The first-order chi connectivity index (χ1) is 13.6. The van der Waals surface area contributed by atoms with Crippen LogP contribution in [0.25, 0.3) is 0 Å². The van der Waals surface area contributed by atoms with Gasteiger partial charge in [-0.05, 0) is 18.2 Å². The van der Waals surface area contributed by atoms with E-state index in [4.69, 9.17) is 0 Å². The lowest BCUT2D eigenvalue weighted by Gasteiger charge is -2.36. The lowest BCUT2D eigenvalue weighted by molar-refractivity contribution is 0.370. The van der Waals surface area contributed by atoms with Crippen molar-refractivity contribution in [1.29, 1.82) is 0 Å². The zero-order chi connectivity index (χ0) is 19.8. The maximum Gasteiger partial charge on any atom is 0.242 e. The minimum absolute atomic E-state index is 0. The molecule has 2 aromatic rings. The van der Waals surface area contributed by atoms with E-state index >= 15 is 0 Å². The number of hydrogen-bond donors (Lipinski definition) is 2. The molecule has 2 aromatic heterocycles. The molecule has 0 spiro atoms. The summed E-state index contributed by atoms with van der Waals surface area (Å²) in [7, 11) is -1.84. The fourth-order valence-electron chi connectivity index (χ4n) is 2.85. The molecule has 3 rings (SSSR count). The van der Waals surface area contributed by atoms with Crippen LogP contribution in [0.5, 0.6) is 0 Å². The van der Waals surface area contributed by atoms with Crippen LogP contribution in [-0.2, 0) is 10.0 Å². The van der Waals surface area contributed by atoms with Gasteiger partial charge in [0.05, 0.1) is 0 Å². The van der Waals surface area contributed by atoms with Gasteiger partial charge < -0.3 is 15.1 Å². The third-order valence-corrected chi connectivity index (χ3v) is 5.72. The van der Waals surface area contributed by atoms with Gasteiger partial charge in [0, 0.05) is 71.1 Å². The number of halogens is 1. The molecule has 3 heterocycles. The van der Waals surface area contributed by atoms with Crippen molar-refractivity contribution in [2.75, 3.05) is 51.2 Å². The highest BCUT2D eigenvalue weighted by molar-refractivity contribution is 14.0. The average molecular weight is 532 g/mol.